The highest BCUT2D eigenvalue weighted by molar-refractivity contribution is 5.82. The van der Waals surface area contributed by atoms with Gasteiger partial charge in [0.1, 0.15) is 18.3 Å². The average molecular weight is 280 g/mol. The Morgan fingerprint density at radius 2 is 2.20 bits per heavy atom. The molecule has 2 aliphatic rings. The number of rotatable bonds is 1. The number of hydrogen-bond donors (Lipinski definition) is 3. The van der Waals surface area contributed by atoms with Gasteiger partial charge in [-0.05, 0) is 0 Å². The minimum Gasteiger partial charge on any atom is -0.387 e. The number of aliphatic hydroxyl groups excluding tert-OH is 2. The van der Waals surface area contributed by atoms with Gasteiger partial charge in [-0.2, -0.15) is 4.98 Å². The van der Waals surface area contributed by atoms with E-state index >= 15 is 0 Å². The Balaban J connectivity index is 2.08. The van der Waals surface area contributed by atoms with Gasteiger partial charge in [-0.25, -0.2) is 14.0 Å². The molecule has 106 valence electrons. The molecule has 4 heterocycles. The van der Waals surface area contributed by atoms with Gasteiger partial charge in [0, 0.05) is 7.05 Å². The van der Waals surface area contributed by atoms with Crippen LogP contribution in [0.25, 0.3) is 11.2 Å². The summed E-state index contributed by atoms with van der Waals surface area (Å²) in [4.78, 5) is 16.1. The summed E-state index contributed by atoms with van der Waals surface area (Å²) in [5.41, 5.74) is 0.252. The summed E-state index contributed by atoms with van der Waals surface area (Å²) in [6.45, 7) is 0.206. The van der Waals surface area contributed by atoms with Crippen molar-refractivity contribution in [2.24, 2.45) is 0 Å². The average Bonchev–Trinajstić information content (AvgIpc) is 2.89. The third-order valence-corrected chi connectivity index (χ3v) is 3.76. The van der Waals surface area contributed by atoms with Gasteiger partial charge in [-0.1, -0.05) is 5.21 Å². The molecule has 0 spiro atoms. The van der Waals surface area contributed by atoms with E-state index in [9.17, 15) is 15.0 Å². The minimum absolute atomic E-state index is 0.206. The molecule has 2 bridgehead atoms. The van der Waals surface area contributed by atoms with Crippen LogP contribution >= 0.6 is 0 Å². The first kappa shape index (κ1) is 11.8. The second kappa shape index (κ2) is 3.75. The maximum atomic E-state index is 12.2. The van der Waals surface area contributed by atoms with E-state index in [2.05, 4.69) is 20.6 Å². The molecule has 0 amide bonds. The first-order valence-corrected chi connectivity index (χ1v) is 6.17. The summed E-state index contributed by atoms with van der Waals surface area (Å²) in [6.07, 6.45) is -3.89. The zero-order chi connectivity index (χ0) is 14.0. The lowest BCUT2D eigenvalue weighted by molar-refractivity contribution is -0.0357. The fourth-order valence-corrected chi connectivity index (χ4v) is 2.78. The molecule has 4 rings (SSSR count). The Morgan fingerprint density at radius 1 is 1.40 bits per heavy atom. The van der Waals surface area contributed by atoms with E-state index < -0.39 is 30.2 Å². The molecular formula is C10H12N6O4. The topological polar surface area (TPSA) is 127 Å². The summed E-state index contributed by atoms with van der Waals surface area (Å²) in [5, 5.41) is 30.7. The summed E-state index contributed by atoms with van der Waals surface area (Å²) >= 11 is 0. The molecule has 20 heavy (non-hydrogen) atoms. The van der Waals surface area contributed by atoms with Crippen molar-refractivity contribution in [3.8, 4) is 0 Å². The maximum Gasteiger partial charge on any atom is 0.353 e. The first-order chi connectivity index (χ1) is 9.61. The number of aromatic nitrogens is 5. The quantitative estimate of drug-likeness (QED) is 0.530. The molecule has 2 aromatic rings. The highest BCUT2D eigenvalue weighted by Gasteiger charge is 2.47. The predicted molar refractivity (Wildman–Crippen MR) is 65.1 cm³/mol. The number of nitrogens with one attached hydrogen (secondary N) is 1. The smallest absolute Gasteiger partial charge is 0.353 e. The van der Waals surface area contributed by atoms with Gasteiger partial charge in [-0.15, -0.1) is 5.10 Å². The number of hydrogen-bond acceptors (Lipinski definition) is 8. The molecule has 0 saturated carbocycles. The van der Waals surface area contributed by atoms with Crippen LogP contribution in [0, 0.1) is 0 Å². The standard InChI is InChI=1S/C10H12N6O4/c1-11-7-4-8-15(14-13-4)2-3-5(17)6(18)9(20-3)16(8)10(19)12-7/h3,5-6,9,17-18H,2H2,1H3,(H,11,12,19)/t3?,5?,6-,9?/m0/s1. The van der Waals surface area contributed by atoms with E-state index in [1.807, 2.05) is 0 Å². The summed E-state index contributed by atoms with van der Waals surface area (Å²) in [7, 11) is 1.63. The third kappa shape index (κ3) is 1.27. The molecule has 10 heteroatoms. The molecule has 3 N–H and O–H groups in total. The molecule has 3 unspecified atom stereocenters. The fraction of sp³-hybridized carbons (Fsp3) is 0.600. The second-order valence-corrected chi connectivity index (χ2v) is 4.85. The van der Waals surface area contributed by atoms with Gasteiger partial charge in [-0.3, -0.25) is 0 Å². The summed E-state index contributed by atoms with van der Waals surface area (Å²) in [5.74, 6) is 0.320. The van der Waals surface area contributed by atoms with Crippen molar-refractivity contribution >= 4 is 17.0 Å². The maximum absolute atomic E-state index is 12.2. The van der Waals surface area contributed by atoms with Crippen LogP contribution in [0.2, 0.25) is 0 Å². The van der Waals surface area contributed by atoms with Crippen LogP contribution < -0.4 is 11.0 Å². The minimum atomic E-state index is -1.19. The van der Waals surface area contributed by atoms with Crippen LogP contribution in [0.4, 0.5) is 5.82 Å². The lowest BCUT2D eigenvalue weighted by Gasteiger charge is -2.19. The fourth-order valence-electron chi connectivity index (χ4n) is 2.78. The molecule has 1 saturated heterocycles. The predicted octanol–water partition coefficient (Wildman–Crippen LogP) is -2.34. The van der Waals surface area contributed by atoms with Gasteiger partial charge in [0.05, 0.1) is 6.54 Å². The van der Waals surface area contributed by atoms with Crippen molar-refractivity contribution in [2.45, 2.75) is 31.1 Å². The molecule has 4 atom stereocenters. The molecule has 0 aromatic carbocycles. The molecule has 10 nitrogen and oxygen atoms in total. The van der Waals surface area contributed by atoms with Crippen molar-refractivity contribution in [1.82, 2.24) is 24.5 Å². The number of anilines is 1. The lowest BCUT2D eigenvalue weighted by atomic mass is 10.1. The number of fused-ring (bicyclic) bond motifs is 3. The van der Waals surface area contributed by atoms with Crippen molar-refractivity contribution in [3.05, 3.63) is 10.5 Å². The monoisotopic (exact) mass is 280 g/mol. The largest absolute Gasteiger partial charge is 0.387 e. The molecule has 2 aliphatic heterocycles. The second-order valence-electron chi connectivity index (χ2n) is 4.85. The summed E-state index contributed by atoms with van der Waals surface area (Å²) < 4.78 is 8.22. The lowest BCUT2D eigenvalue weighted by Crippen LogP contribution is -2.39. The Labute approximate surface area is 111 Å². The molecule has 0 radical (unpaired) electrons. The van der Waals surface area contributed by atoms with Gasteiger partial charge in [0.2, 0.25) is 0 Å². The summed E-state index contributed by atoms with van der Waals surface area (Å²) in [6, 6.07) is 0. The van der Waals surface area contributed by atoms with Crippen molar-refractivity contribution in [1.29, 1.82) is 0 Å². The molecular weight excluding hydrogens is 268 g/mol. The van der Waals surface area contributed by atoms with E-state index in [0.29, 0.717) is 17.0 Å². The Hall–Kier alpha value is -2.04. The Kier molecular flexibility index (Phi) is 2.20. The highest BCUT2D eigenvalue weighted by Crippen LogP contribution is 2.34. The van der Waals surface area contributed by atoms with E-state index in [1.165, 1.54) is 9.25 Å². The first-order valence-electron chi connectivity index (χ1n) is 6.17. The molecule has 0 aliphatic carbocycles. The van der Waals surface area contributed by atoms with Gasteiger partial charge < -0.3 is 20.3 Å². The normalized spacial score (nSPS) is 31.6. The van der Waals surface area contributed by atoms with Crippen LogP contribution in [0.5, 0.6) is 0 Å². The van der Waals surface area contributed by atoms with Crippen LogP contribution in [-0.4, -0.2) is 60.1 Å². The Bertz CT molecular complexity index is 754. The Morgan fingerprint density at radius 3 is 2.95 bits per heavy atom. The molecule has 2 aromatic heterocycles. The van der Waals surface area contributed by atoms with E-state index in [4.69, 9.17) is 4.74 Å². The third-order valence-electron chi connectivity index (χ3n) is 3.76. The number of aliphatic hydroxyl groups is 2. The van der Waals surface area contributed by atoms with E-state index in [1.54, 1.807) is 7.05 Å². The highest BCUT2D eigenvalue weighted by atomic mass is 16.6. The SMILES string of the molecule is CNc1nc(=O)n2c3c1nnn3CC1OC2[C@@H](O)C1O. The van der Waals surface area contributed by atoms with Crippen molar-refractivity contribution in [2.75, 3.05) is 12.4 Å². The van der Waals surface area contributed by atoms with Crippen LogP contribution in [0.3, 0.4) is 0 Å². The van der Waals surface area contributed by atoms with Crippen LogP contribution in [0.15, 0.2) is 4.79 Å². The zero-order valence-electron chi connectivity index (χ0n) is 10.5. The van der Waals surface area contributed by atoms with Crippen LogP contribution in [0.1, 0.15) is 6.23 Å². The number of ether oxygens (including phenoxy) is 1. The van der Waals surface area contributed by atoms with E-state index in [-0.39, 0.29) is 6.54 Å². The van der Waals surface area contributed by atoms with Crippen molar-refractivity contribution in [3.63, 3.8) is 0 Å². The van der Waals surface area contributed by atoms with Crippen molar-refractivity contribution < 1.29 is 14.9 Å². The number of nitrogens with zero attached hydrogens (tertiary/aromatic N) is 5. The zero-order valence-corrected chi connectivity index (χ0v) is 10.5. The van der Waals surface area contributed by atoms with Gasteiger partial charge in [0.15, 0.2) is 23.2 Å². The van der Waals surface area contributed by atoms with E-state index in [0.717, 1.165) is 0 Å². The van der Waals surface area contributed by atoms with Gasteiger partial charge >= 0.3 is 5.69 Å². The van der Waals surface area contributed by atoms with Crippen LogP contribution in [-0.2, 0) is 11.3 Å². The molecule has 1 fully saturated rings. The van der Waals surface area contributed by atoms with Gasteiger partial charge in [0.25, 0.3) is 0 Å².